The second-order valence-electron chi connectivity index (χ2n) is 9.47. The summed E-state index contributed by atoms with van der Waals surface area (Å²) in [6, 6.07) is 0. The fourth-order valence-electron chi connectivity index (χ4n) is 4.37. The number of nitrogens with one attached hydrogen (secondary N) is 1. The van der Waals surface area contributed by atoms with Crippen LogP contribution < -0.4 is 5.73 Å². The van der Waals surface area contributed by atoms with Gasteiger partial charge in [-0.2, -0.15) is 0 Å². The summed E-state index contributed by atoms with van der Waals surface area (Å²) >= 11 is 0. The molecule has 1 saturated carbocycles. The fourth-order valence-corrected chi connectivity index (χ4v) is 4.37. The number of rotatable bonds is 13. The van der Waals surface area contributed by atoms with E-state index in [1.807, 2.05) is 0 Å². The van der Waals surface area contributed by atoms with Crippen molar-refractivity contribution in [3.8, 4) is 0 Å². The summed E-state index contributed by atoms with van der Waals surface area (Å²) < 4.78 is 1.07. The molecular weight excluding hydrogens is 320 g/mol. The minimum atomic E-state index is 0.565. The van der Waals surface area contributed by atoms with Crippen LogP contribution in [0.5, 0.6) is 0 Å². The van der Waals surface area contributed by atoms with Gasteiger partial charge in [-0.25, -0.2) is 0 Å². The zero-order valence-electron chi connectivity index (χ0n) is 18.4. The third-order valence-electron chi connectivity index (χ3n) is 6.12. The molecule has 155 valence electrons. The first kappa shape index (κ1) is 23.9. The van der Waals surface area contributed by atoms with Gasteiger partial charge in [0, 0.05) is 32.5 Å². The number of hydrogen-bond donors (Lipinski definition) is 0. The molecule has 1 aliphatic carbocycles. The number of hydrogen-bond acceptors (Lipinski definition) is 2. The van der Waals surface area contributed by atoms with Crippen molar-refractivity contribution in [3.05, 3.63) is 0 Å². The topological polar surface area (TPSA) is 30.3 Å². The highest BCUT2D eigenvalue weighted by molar-refractivity contribution is 4.67. The van der Waals surface area contributed by atoms with Gasteiger partial charge in [0.15, 0.2) is 0 Å². The Kier molecular flexibility index (Phi) is 12.8. The summed E-state index contributed by atoms with van der Waals surface area (Å²) in [6.45, 7) is 7.91. The molecule has 0 aromatic carbocycles. The molecule has 0 bridgehead atoms. The lowest BCUT2D eigenvalue weighted by atomic mass is 9.91. The first-order valence-corrected chi connectivity index (χ1v) is 11.3. The van der Waals surface area contributed by atoms with Crippen LogP contribution in [-0.4, -0.2) is 88.3 Å². The molecule has 1 rings (SSSR count). The van der Waals surface area contributed by atoms with Crippen LogP contribution in [0.15, 0.2) is 0 Å². The van der Waals surface area contributed by atoms with Gasteiger partial charge in [-0.15, -0.1) is 0 Å². The molecule has 1 N–H and O–H groups in total. The maximum Gasteiger partial charge on any atom is 0.0795 e. The van der Waals surface area contributed by atoms with Gasteiger partial charge in [0.25, 0.3) is 0 Å². The molecular formula is C22H48N4+. The van der Waals surface area contributed by atoms with E-state index in [-0.39, 0.29) is 0 Å². The monoisotopic (exact) mass is 368 g/mol. The highest BCUT2D eigenvalue weighted by Crippen LogP contribution is 2.22. The van der Waals surface area contributed by atoms with Crippen LogP contribution in [0.1, 0.15) is 64.2 Å². The Morgan fingerprint density at radius 2 is 1.31 bits per heavy atom. The molecule has 1 fully saturated rings. The van der Waals surface area contributed by atoms with Crippen molar-refractivity contribution in [1.82, 2.24) is 15.5 Å². The molecule has 0 heterocycles. The van der Waals surface area contributed by atoms with Crippen LogP contribution in [0.3, 0.4) is 0 Å². The van der Waals surface area contributed by atoms with E-state index in [4.69, 9.17) is 5.73 Å². The highest BCUT2D eigenvalue weighted by atomic mass is 15.3. The molecule has 0 aromatic heterocycles. The average molecular weight is 369 g/mol. The third kappa shape index (κ3) is 12.3. The molecule has 0 aliphatic heterocycles. The van der Waals surface area contributed by atoms with Crippen LogP contribution in [0.2, 0.25) is 0 Å². The Hall–Kier alpha value is -0.160. The van der Waals surface area contributed by atoms with Crippen molar-refractivity contribution in [1.29, 1.82) is 0 Å². The van der Waals surface area contributed by atoms with Gasteiger partial charge in [0.1, 0.15) is 0 Å². The number of quaternary nitrogens is 1. The summed E-state index contributed by atoms with van der Waals surface area (Å²) in [5.41, 5.74) is 7.32. The molecule has 26 heavy (non-hydrogen) atoms. The van der Waals surface area contributed by atoms with E-state index in [1.165, 1.54) is 90.5 Å². The molecule has 0 saturated heterocycles. The SMILES string of the molecule is CN(CCCN(C)CC1CCCCCCC1)CCC[N+](C)(C)CCC[NH]. The Bertz CT molecular complexity index is 324. The van der Waals surface area contributed by atoms with Gasteiger partial charge < -0.3 is 14.3 Å². The lowest BCUT2D eigenvalue weighted by molar-refractivity contribution is -0.890. The summed E-state index contributed by atoms with van der Waals surface area (Å²) in [4.78, 5) is 5.09. The largest absolute Gasteiger partial charge is 0.328 e. The van der Waals surface area contributed by atoms with E-state index in [0.29, 0.717) is 6.54 Å². The molecule has 1 aliphatic rings. The van der Waals surface area contributed by atoms with Crippen LogP contribution in [-0.2, 0) is 0 Å². The second-order valence-corrected chi connectivity index (χ2v) is 9.47. The van der Waals surface area contributed by atoms with Gasteiger partial charge in [-0.05, 0) is 52.4 Å². The van der Waals surface area contributed by atoms with Gasteiger partial charge in [0.05, 0.1) is 27.2 Å². The molecule has 1 radical (unpaired) electrons. The van der Waals surface area contributed by atoms with Crippen LogP contribution in [0.25, 0.3) is 0 Å². The van der Waals surface area contributed by atoms with E-state index in [0.717, 1.165) is 23.4 Å². The summed E-state index contributed by atoms with van der Waals surface area (Å²) in [5, 5.41) is 0. The van der Waals surface area contributed by atoms with E-state index in [2.05, 4.69) is 38.0 Å². The molecule has 0 unspecified atom stereocenters. The smallest absolute Gasteiger partial charge is 0.0795 e. The molecule has 0 atom stereocenters. The van der Waals surface area contributed by atoms with Gasteiger partial charge in [-0.3, -0.25) is 5.73 Å². The maximum absolute atomic E-state index is 7.32. The van der Waals surface area contributed by atoms with E-state index < -0.39 is 0 Å². The molecule has 0 aromatic rings. The fraction of sp³-hybridized carbons (Fsp3) is 1.00. The van der Waals surface area contributed by atoms with Crippen molar-refractivity contribution in [3.63, 3.8) is 0 Å². The zero-order valence-corrected chi connectivity index (χ0v) is 18.4. The minimum Gasteiger partial charge on any atom is -0.328 e. The Morgan fingerprint density at radius 1 is 0.769 bits per heavy atom. The summed E-state index contributed by atoms with van der Waals surface area (Å²) in [6.07, 6.45) is 13.8. The average Bonchev–Trinajstić information content (AvgIpc) is 2.55. The van der Waals surface area contributed by atoms with Gasteiger partial charge in [0.2, 0.25) is 0 Å². The Morgan fingerprint density at radius 3 is 1.96 bits per heavy atom. The quantitative estimate of drug-likeness (QED) is 0.464. The van der Waals surface area contributed by atoms with Crippen LogP contribution in [0.4, 0.5) is 0 Å². The summed E-state index contributed by atoms with van der Waals surface area (Å²) in [7, 11) is 9.21. The van der Waals surface area contributed by atoms with E-state index in [9.17, 15) is 0 Å². The van der Waals surface area contributed by atoms with Gasteiger partial charge >= 0.3 is 0 Å². The number of nitrogens with zero attached hydrogens (tertiary/aromatic N) is 3. The maximum atomic E-state index is 7.32. The molecule has 0 spiro atoms. The Labute approximate surface area is 164 Å². The van der Waals surface area contributed by atoms with Crippen LogP contribution in [0, 0.1) is 5.92 Å². The Balaban J connectivity index is 2.08. The zero-order chi connectivity index (χ0) is 19.3. The lowest BCUT2D eigenvalue weighted by Crippen LogP contribution is -2.42. The first-order valence-electron chi connectivity index (χ1n) is 11.3. The lowest BCUT2D eigenvalue weighted by Gasteiger charge is -2.30. The predicted octanol–water partition coefficient (Wildman–Crippen LogP) is 3.74. The van der Waals surface area contributed by atoms with Crippen LogP contribution >= 0.6 is 0 Å². The van der Waals surface area contributed by atoms with Crippen molar-refractivity contribution in [2.45, 2.75) is 64.2 Å². The molecule has 0 amide bonds. The minimum absolute atomic E-state index is 0.565. The van der Waals surface area contributed by atoms with Crippen molar-refractivity contribution in [2.75, 3.05) is 74.0 Å². The van der Waals surface area contributed by atoms with Crippen molar-refractivity contribution < 1.29 is 4.48 Å². The first-order chi connectivity index (χ1) is 12.4. The second kappa shape index (κ2) is 13.9. The van der Waals surface area contributed by atoms with E-state index in [1.54, 1.807) is 0 Å². The third-order valence-corrected chi connectivity index (χ3v) is 6.12. The predicted molar refractivity (Wildman–Crippen MR) is 114 cm³/mol. The summed E-state index contributed by atoms with van der Waals surface area (Å²) in [5.74, 6) is 0.946. The molecule has 4 nitrogen and oxygen atoms in total. The normalized spacial score (nSPS) is 17.7. The van der Waals surface area contributed by atoms with Gasteiger partial charge in [-0.1, -0.05) is 32.1 Å². The van der Waals surface area contributed by atoms with E-state index >= 15 is 0 Å². The van der Waals surface area contributed by atoms with Crippen molar-refractivity contribution >= 4 is 0 Å². The molecule has 4 heteroatoms. The van der Waals surface area contributed by atoms with Crippen molar-refractivity contribution in [2.24, 2.45) is 5.92 Å². The standard InChI is InChI=1S/C22H48N4/c1-24(18-12-20-26(3,4)19-10-15-23)16-11-17-25(2)21-22-13-8-6-5-7-9-14-22/h22-23H,5-21H2,1-4H3/q+1. The highest BCUT2D eigenvalue weighted by Gasteiger charge is 2.15.